The number of methoxy groups -OCH3 is 1. The molecule has 0 radical (unpaired) electrons. The highest BCUT2D eigenvalue weighted by molar-refractivity contribution is 5.98. The molecule has 0 aromatic heterocycles. The Balaban J connectivity index is 1.99. The number of amides is 1. The van der Waals surface area contributed by atoms with E-state index >= 15 is 0 Å². The van der Waals surface area contributed by atoms with Gasteiger partial charge >= 0.3 is 0 Å². The maximum atomic E-state index is 13.4. The number of carbonyl (C=O) groups is 2. The zero-order valence-electron chi connectivity index (χ0n) is 16.1. The van der Waals surface area contributed by atoms with Crippen LogP contribution in [0.25, 0.3) is 0 Å². The van der Waals surface area contributed by atoms with Crippen molar-refractivity contribution in [1.82, 2.24) is 4.90 Å². The number of aldehydes is 1. The molecule has 3 rings (SSSR count). The van der Waals surface area contributed by atoms with Gasteiger partial charge < -0.3 is 9.64 Å². The molecule has 1 amide bonds. The van der Waals surface area contributed by atoms with Crippen LogP contribution in [0.4, 0.5) is 0 Å². The molecule has 4 nitrogen and oxygen atoms in total. The van der Waals surface area contributed by atoms with Gasteiger partial charge in [-0.15, -0.1) is 0 Å². The van der Waals surface area contributed by atoms with Crippen LogP contribution < -0.4 is 4.74 Å². The van der Waals surface area contributed by atoms with Crippen molar-refractivity contribution in [1.29, 1.82) is 0 Å². The van der Waals surface area contributed by atoms with Gasteiger partial charge in [-0.05, 0) is 41.8 Å². The van der Waals surface area contributed by atoms with Crippen molar-refractivity contribution in [2.45, 2.75) is 20.0 Å². The minimum atomic E-state index is -0.173. The van der Waals surface area contributed by atoms with E-state index in [0.717, 1.165) is 23.0 Å². The first-order valence-corrected chi connectivity index (χ1v) is 9.13. The smallest absolute Gasteiger partial charge is 0.258 e. The fraction of sp³-hybridized carbons (Fsp3) is 0.167. The van der Waals surface area contributed by atoms with Crippen molar-refractivity contribution in [3.63, 3.8) is 0 Å². The number of aryl methyl sites for hydroxylation is 1. The third-order valence-electron chi connectivity index (χ3n) is 4.72. The summed E-state index contributed by atoms with van der Waals surface area (Å²) in [5, 5.41) is 0. The third kappa shape index (κ3) is 4.46. The quantitative estimate of drug-likeness (QED) is 0.566. The first-order chi connectivity index (χ1) is 13.6. The van der Waals surface area contributed by atoms with Crippen LogP contribution in [0.2, 0.25) is 0 Å². The van der Waals surface area contributed by atoms with Crippen LogP contribution in [0.1, 0.15) is 37.4 Å². The molecule has 0 spiro atoms. The average molecular weight is 373 g/mol. The SMILES string of the molecule is COc1ccc(C=O)cc1C(=O)N(Cc1ccccc1)Cc1ccccc1C. The Labute approximate surface area is 165 Å². The van der Waals surface area contributed by atoms with Crippen molar-refractivity contribution in [3.05, 3.63) is 101 Å². The van der Waals surface area contributed by atoms with Crippen LogP contribution in [0.15, 0.2) is 72.8 Å². The number of rotatable bonds is 7. The predicted octanol–water partition coefficient (Wildman–Crippen LogP) is 4.66. The lowest BCUT2D eigenvalue weighted by atomic mass is 10.1. The van der Waals surface area contributed by atoms with E-state index in [0.29, 0.717) is 30.0 Å². The van der Waals surface area contributed by atoms with Crippen molar-refractivity contribution < 1.29 is 14.3 Å². The fourth-order valence-electron chi connectivity index (χ4n) is 3.13. The van der Waals surface area contributed by atoms with Crippen molar-refractivity contribution in [3.8, 4) is 5.75 Å². The molecule has 0 N–H and O–H groups in total. The summed E-state index contributed by atoms with van der Waals surface area (Å²) in [6, 6.07) is 22.8. The Morgan fingerprint density at radius 3 is 2.36 bits per heavy atom. The average Bonchev–Trinajstić information content (AvgIpc) is 2.74. The molecule has 3 aromatic rings. The molecule has 4 heteroatoms. The lowest BCUT2D eigenvalue weighted by molar-refractivity contribution is 0.0726. The second-order valence-corrected chi connectivity index (χ2v) is 6.65. The normalized spacial score (nSPS) is 10.4. The number of nitrogens with zero attached hydrogens (tertiary/aromatic N) is 1. The van der Waals surface area contributed by atoms with Gasteiger partial charge in [0.05, 0.1) is 12.7 Å². The van der Waals surface area contributed by atoms with Crippen LogP contribution in [-0.2, 0) is 13.1 Å². The van der Waals surface area contributed by atoms with Gasteiger partial charge in [-0.3, -0.25) is 9.59 Å². The second-order valence-electron chi connectivity index (χ2n) is 6.65. The number of hydrogen-bond donors (Lipinski definition) is 0. The summed E-state index contributed by atoms with van der Waals surface area (Å²) in [7, 11) is 1.52. The molecule has 0 bridgehead atoms. The van der Waals surface area contributed by atoms with Crippen molar-refractivity contribution >= 4 is 12.2 Å². The summed E-state index contributed by atoms with van der Waals surface area (Å²) in [6.45, 7) is 2.96. The molecule has 0 unspecified atom stereocenters. The zero-order chi connectivity index (χ0) is 19.9. The Morgan fingerprint density at radius 2 is 1.68 bits per heavy atom. The molecule has 0 saturated carbocycles. The molecule has 0 aliphatic carbocycles. The number of hydrogen-bond acceptors (Lipinski definition) is 3. The Hall–Kier alpha value is -3.40. The van der Waals surface area contributed by atoms with Gasteiger partial charge in [-0.25, -0.2) is 0 Å². The summed E-state index contributed by atoms with van der Waals surface area (Å²) in [5.74, 6) is 0.283. The van der Waals surface area contributed by atoms with E-state index in [2.05, 4.69) is 0 Å². The lowest BCUT2D eigenvalue weighted by Crippen LogP contribution is -2.30. The third-order valence-corrected chi connectivity index (χ3v) is 4.72. The highest BCUT2D eigenvalue weighted by Gasteiger charge is 2.21. The maximum Gasteiger partial charge on any atom is 0.258 e. The van der Waals surface area contributed by atoms with Crippen molar-refractivity contribution in [2.24, 2.45) is 0 Å². The van der Waals surface area contributed by atoms with Crippen molar-refractivity contribution in [2.75, 3.05) is 7.11 Å². The van der Waals surface area contributed by atoms with Crippen LogP contribution in [0, 0.1) is 6.92 Å². The second kappa shape index (κ2) is 9.00. The van der Waals surface area contributed by atoms with E-state index in [-0.39, 0.29) is 5.91 Å². The zero-order valence-corrected chi connectivity index (χ0v) is 16.1. The van der Waals surface area contributed by atoms with E-state index in [1.54, 1.807) is 23.1 Å². The Bertz CT molecular complexity index is 967. The molecule has 28 heavy (non-hydrogen) atoms. The summed E-state index contributed by atoms with van der Waals surface area (Å²) in [6.07, 6.45) is 0.735. The molecule has 3 aromatic carbocycles. The molecule has 0 heterocycles. The topological polar surface area (TPSA) is 46.6 Å². The van der Waals surface area contributed by atoms with E-state index < -0.39 is 0 Å². The molecular weight excluding hydrogens is 350 g/mol. The van der Waals surface area contributed by atoms with E-state index in [4.69, 9.17) is 4.74 Å². The monoisotopic (exact) mass is 373 g/mol. The molecule has 0 aliphatic rings. The fourth-order valence-corrected chi connectivity index (χ4v) is 3.13. The van der Waals surface area contributed by atoms with Gasteiger partial charge in [-0.1, -0.05) is 54.6 Å². The lowest BCUT2D eigenvalue weighted by Gasteiger charge is -2.25. The number of benzene rings is 3. The molecule has 0 aliphatic heterocycles. The van der Waals surface area contributed by atoms with Crippen LogP contribution >= 0.6 is 0 Å². The number of ether oxygens (including phenoxy) is 1. The molecular formula is C24H23NO3. The summed E-state index contributed by atoms with van der Waals surface area (Å²) in [5.41, 5.74) is 4.07. The first kappa shape index (κ1) is 19.4. The standard InChI is InChI=1S/C24H23NO3/c1-18-8-6-7-11-21(18)16-25(15-19-9-4-3-5-10-19)24(27)22-14-20(17-26)12-13-23(22)28-2/h3-14,17H,15-16H2,1-2H3. The highest BCUT2D eigenvalue weighted by atomic mass is 16.5. The minimum Gasteiger partial charge on any atom is -0.496 e. The van der Waals surface area contributed by atoms with Gasteiger partial charge in [0.25, 0.3) is 5.91 Å². The minimum absolute atomic E-state index is 0.173. The molecule has 0 atom stereocenters. The molecule has 142 valence electrons. The van der Waals surface area contributed by atoms with Crippen LogP contribution in [0.5, 0.6) is 5.75 Å². The van der Waals surface area contributed by atoms with Gasteiger partial charge in [0.15, 0.2) is 0 Å². The van der Waals surface area contributed by atoms with Gasteiger partial charge in [-0.2, -0.15) is 0 Å². The number of carbonyl (C=O) groups excluding carboxylic acids is 2. The highest BCUT2D eigenvalue weighted by Crippen LogP contribution is 2.24. The van der Waals surface area contributed by atoms with Gasteiger partial charge in [0.2, 0.25) is 0 Å². The van der Waals surface area contributed by atoms with Crippen LogP contribution in [-0.4, -0.2) is 24.2 Å². The predicted molar refractivity (Wildman–Crippen MR) is 110 cm³/mol. The van der Waals surface area contributed by atoms with E-state index in [1.807, 2.05) is 61.5 Å². The largest absolute Gasteiger partial charge is 0.496 e. The maximum absolute atomic E-state index is 13.4. The Kier molecular flexibility index (Phi) is 6.22. The molecule has 0 saturated heterocycles. The summed E-state index contributed by atoms with van der Waals surface area (Å²) < 4.78 is 5.38. The first-order valence-electron chi connectivity index (χ1n) is 9.13. The summed E-state index contributed by atoms with van der Waals surface area (Å²) >= 11 is 0. The van der Waals surface area contributed by atoms with E-state index in [1.165, 1.54) is 7.11 Å². The van der Waals surface area contributed by atoms with Crippen LogP contribution in [0.3, 0.4) is 0 Å². The Morgan fingerprint density at radius 1 is 0.964 bits per heavy atom. The van der Waals surface area contributed by atoms with E-state index in [9.17, 15) is 9.59 Å². The summed E-state index contributed by atoms with van der Waals surface area (Å²) in [4.78, 5) is 26.4. The van der Waals surface area contributed by atoms with Gasteiger partial charge in [0, 0.05) is 18.7 Å². The molecule has 0 fully saturated rings. The van der Waals surface area contributed by atoms with Gasteiger partial charge in [0.1, 0.15) is 12.0 Å².